The molecule has 1 aliphatic heterocycles. The third kappa shape index (κ3) is 3.52. The van der Waals surface area contributed by atoms with Gasteiger partial charge in [0.2, 0.25) is 0 Å². The Morgan fingerprint density at radius 2 is 1.79 bits per heavy atom. The van der Waals surface area contributed by atoms with Crippen LogP contribution in [-0.4, -0.2) is 75.6 Å². The van der Waals surface area contributed by atoms with Crippen LogP contribution >= 0.6 is 0 Å². The average Bonchev–Trinajstić information content (AvgIpc) is 2.54. The van der Waals surface area contributed by atoms with Crippen LogP contribution < -0.4 is 4.74 Å². The first-order valence-corrected chi connectivity index (χ1v) is 7.51. The minimum absolute atomic E-state index is 0.0267. The lowest BCUT2D eigenvalue weighted by Crippen LogP contribution is -2.59. The predicted octanol–water partition coefficient (Wildman–Crippen LogP) is -1.01. The monoisotopic (exact) mass is 342 g/mol. The van der Waals surface area contributed by atoms with Crippen LogP contribution in [0.15, 0.2) is 12.1 Å². The third-order valence-electron chi connectivity index (χ3n) is 4.17. The molecular weight excluding hydrogens is 320 g/mol. The van der Waals surface area contributed by atoms with Gasteiger partial charge in [0.05, 0.1) is 25.4 Å². The molecule has 5 N–H and O–H groups in total. The van der Waals surface area contributed by atoms with Crippen molar-refractivity contribution in [2.45, 2.75) is 43.9 Å². The number of ether oxygens (including phenoxy) is 2. The summed E-state index contributed by atoms with van der Waals surface area (Å²) in [6.45, 7) is 0.753. The Kier molecular flexibility index (Phi) is 5.79. The van der Waals surface area contributed by atoms with E-state index in [0.29, 0.717) is 11.3 Å². The van der Waals surface area contributed by atoms with E-state index < -0.39 is 37.1 Å². The molecule has 0 saturated carbocycles. The molecule has 24 heavy (non-hydrogen) atoms. The van der Waals surface area contributed by atoms with E-state index in [1.807, 2.05) is 0 Å². The first-order valence-electron chi connectivity index (χ1n) is 7.51. The zero-order chi connectivity index (χ0) is 18.0. The Bertz CT molecular complexity index is 600. The average molecular weight is 342 g/mol. The number of hydrogen-bond donors (Lipinski definition) is 5. The normalized spacial score (nSPS) is 30.2. The van der Waals surface area contributed by atoms with Crippen molar-refractivity contribution in [1.29, 1.82) is 0 Å². The zero-order valence-corrected chi connectivity index (χ0v) is 13.4. The molecule has 0 radical (unpaired) electrons. The summed E-state index contributed by atoms with van der Waals surface area (Å²) in [5.74, 6) is -0.326. The van der Waals surface area contributed by atoms with E-state index in [-0.39, 0.29) is 23.5 Å². The van der Waals surface area contributed by atoms with E-state index in [4.69, 9.17) is 9.47 Å². The number of phenolic OH excluding ortho intramolecular Hbond substituents is 1. The maximum atomic E-state index is 11.8. The zero-order valence-electron chi connectivity index (χ0n) is 13.4. The van der Waals surface area contributed by atoms with E-state index in [1.54, 1.807) is 0 Å². The van der Waals surface area contributed by atoms with Crippen LogP contribution in [0.5, 0.6) is 11.5 Å². The van der Waals surface area contributed by atoms with Crippen molar-refractivity contribution in [2.24, 2.45) is 0 Å². The molecule has 1 fully saturated rings. The molecule has 1 aromatic rings. The maximum absolute atomic E-state index is 11.8. The molecule has 8 nitrogen and oxygen atoms in total. The summed E-state index contributed by atoms with van der Waals surface area (Å²) >= 11 is 0. The quantitative estimate of drug-likeness (QED) is 0.429. The van der Waals surface area contributed by atoms with Gasteiger partial charge >= 0.3 is 0 Å². The molecule has 2 rings (SSSR count). The number of benzene rings is 1. The summed E-state index contributed by atoms with van der Waals surface area (Å²) in [5, 5.41) is 49.0. The maximum Gasteiger partial charge on any atom is 0.163 e. The fourth-order valence-corrected chi connectivity index (χ4v) is 2.91. The second kappa shape index (κ2) is 7.45. The van der Waals surface area contributed by atoms with Gasteiger partial charge < -0.3 is 35.0 Å². The number of ketones is 1. The van der Waals surface area contributed by atoms with Crippen LogP contribution in [-0.2, 0) is 11.2 Å². The highest BCUT2D eigenvalue weighted by Crippen LogP contribution is 2.31. The van der Waals surface area contributed by atoms with Crippen LogP contribution in [0.3, 0.4) is 0 Å². The van der Waals surface area contributed by atoms with Gasteiger partial charge in [-0.05, 0) is 18.6 Å². The van der Waals surface area contributed by atoms with Crippen molar-refractivity contribution < 1.29 is 39.8 Å². The van der Waals surface area contributed by atoms with E-state index in [9.17, 15) is 30.3 Å². The second-order valence-electron chi connectivity index (χ2n) is 5.81. The lowest BCUT2D eigenvalue weighted by molar-refractivity contribution is -0.228. The number of aliphatic hydroxyl groups is 4. The molecule has 5 atom stereocenters. The van der Waals surface area contributed by atoms with Gasteiger partial charge in [0.1, 0.15) is 35.9 Å². The van der Waals surface area contributed by atoms with Gasteiger partial charge in [0.15, 0.2) is 5.78 Å². The molecule has 0 spiro atoms. The summed E-state index contributed by atoms with van der Waals surface area (Å²) in [6, 6.07) is 2.82. The van der Waals surface area contributed by atoms with Crippen molar-refractivity contribution in [1.82, 2.24) is 0 Å². The fourth-order valence-electron chi connectivity index (χ4n) is 2.91. The van der Waals surface area contributed by atoms with E-state index in [0.717, 1.165) is 0 Å². The second-order valence-corrected chi connectivity index (χ2v) is 5.81. The Morgan fingerprint density at radius 1 is 1.17 bits per heavy atom. The number of aromatic hydroxyl groups is 1. The number of hydrogen-bond acceptors (Lipinski definition) is 8. The van der Waals surface area contributed by atoms with Gasteiger partial charge in [-0.15, -0.1) is 0 Å². The number of phenols is 1. The fraction of sp³-hybridized carbons (Fsp3) is 0.562. The largest absolute Gasteiger partial charge is 0.507 e. The Hall–Kier alpha value is -1.71. The van der Waals surface area contributed by atoms with Gasteiger partial charge in [-0.2, -0.15) is 0 Å². The van der Waals surface area contributed by atoms with Crippen LogP contribution in [0.4, 0.5) is 0 Å². The topological polar surface area (TPSA) is 137 Å². The van der Waals surface area contributed by atoms with Gasteiger partial charge in [-0.25, -0.2) is 0 Å². The van der Waals surface area contributed by atoms with E-state index in [1.165, 1.54) is 26.2 Å². The number of methoxy groups -OCH3 is 1. The summed E-state index contributed by atoms with van der Waals surface area (Å²) in [5.41, 5.74) is 0.427. The number of carbonyl (C=O) groups is 1. The summed E-state index contributed by atoms with van der Waals surface area (Å²) < 4.78 is 10.5. The molecule has 1 aromatic carbocycles. The van der Waals surface area contributed by atoms with Crippen molar-refractivity contribution >= 4 is 5.78 Å². The Labute approximate surface area is 138 Å². The Morgan fingerprint density at radius 3 is 2.33 bits per heavy atom. The lowest BCUT2D eigenvalue weighted by atomic mass is 9.89. The van der Waals surface area contributed by atoms with Gasteiger partial charge in [0, 0.05) is 12.5 Å². The van der Waals surface area contributed by atoms with Gasteiger partial charge in [-0.1, -0.05) is 0 Å². The molecule has 0 aromatic heterocycles. The third-order valence-corrected chi connectivity index (χ3v) is 4.17. The van der Waals surface area contributed by atoms with Gasteiger partial charge in [0.25, 0.3) is 0 Å². The summed E-state index contributed by atoms with van der Waals surface area (Å²) in [4.78, 5) is 11.8. The highest BCUT2D eigenvalue weighted by molar-refractivity contribution is 5.98. The molecular formula is C16H22O8. The first-order chi connectivity index (χ1) is 11.3. The van der Waals surface area contributed by atoms with Gasteiger partial charge in [-0.3, -0.25) is 4.79 Å². The minimum Gasteiger partial charge on any atom is -0.507 e. The molecule has 0 bridgehead atoms. The molecule has 0 unspecified atom stereocenters. The number of carbonyl (C=O) groups excluding carboxylic acids is 1. The van der Waals surface area contributed by atoms with Crippen LogP contribution in [0.25, 0.3) is 0 Å². The van der Waals surface area contributed by atoms with Crippen molar-refractivity contribution in [3.63, 3.8) is 0 Å². The standard InChI is InChI=1S/C16H22O8/c1-7(18)13-8(3-9(23-2)5-10(13)19)4-11-14(20)16(22)15(21)12(6-17)24-11/h3,5,11-12,14-17,19-22H,4,6H2,1-2H3/t11-,12+,14-,15+,16+/m0/s1. The van der Waals surface area contributed by atoms with Crippen LogP contribution in [0.2, 0.25) is 0 Å². The number of rotatable bonds is 5. The number of aliphatic hydroxyl groups excluding tert-OH is 4. The van der Waals surface area contributed by atoms with E-state index >= 15 is 0 Å². The minimum atomic E-state index is -1.50. The lowest BCUT2D eigenvalue weighted by Gasteiger charge is -2.40. The molecule has 0 aliphatic carbocycles. The molecule has 1 heterocycles. The number of Topliss-reactive ketones (excluding diaryl/α,β-unsaturated/α-hetero) is 1. The Balaban J connectivity index is 2.35. The van der Waals surface area contributed by atoms with Crippen molar-refractivity contribution in [3.8, 4) is 11.5 Å². The highest BCUT2D eigenvalue weighted by Gasteiger charge is 2.43. The summed E-state index contributed by atoms with van der Waals surface area (Å²) in [7, 11) is 1.40. The summed E-state index contributed by atoms with van der Waals surface area (Å²) in [6.07, 6.45) is -6.41. The molecule has 8 heteroatoms. The van der Waals surface area contributed by atoms with E-state index in [2.05, 4.69) is 0 Å². The SMILES string of the molecule is COc1cc(O)c(C(C)=O)c(C[C@@H]2O[C@H](CO)[C@@H](O)[C@H](O)[C@H]2O)c1. The van der Waals surface area contributed by atoms with Crippen LogP contribution in [0, 0.1) is 0 Å². The molecule has 1 aliphatic rings. The van der Waals surface area contributed by atoms with Crippen molar-refractivity contribution in [3.05, 3.63) is 23.3 Å². The highest BCUT2D eigenvalue weighted by atomic mass is 16.5. The van der Waals surface area contributed by atoms with Crippen LogP contribution in [0.1, 0.15) is 22.8 Å². The molecule has 0 amide bonds. The van der Waals surface area contributed by atoms with Crippen molar-refractivity contribution in [2.75, 3.05) is 13.7 Å². The molecule has 134 valence electrons. The molecule has 1 saturated heterocycles. The predicted molar refractivity (Wildman–Crippen MR) is 82.1 cm³/mol. The first kappa shape index (κ1) is 18.6. The smallest absolute Gasteiger partial charge is 0.163 e.